The van der Waals surface area contributed by atoms with Crippen molar-refractivity contribution >= 4 is 67.4 Å². The van der Waals surface area contributed by atoms with Crippen LogP contribution in [-0.2, 0) is 11.2 Å². The number of aliphatic carboxylic acids is 1. The van der Waals surface area contributed by atoms with Crippen LogP contribution in [-0.4, -0.2) is 24.5 Å². The Balaban J connectivity index is 0.000000491. The molecule has 6 nitrogen and oxygen atoms in total. The molecular formula is C11H8BBr3O6. The van der Waals surface area contributed by atoms with Gasteiger partial charge >= 0.3 is 14.8 Å². The lowest BCUT2D eigenvalue weighted by atomic mass is 10.1. The van der Waals surface area contributed by atoms with Gasteiger partial charge in [0.25, 0.3) is 0 Å². The van der Waals surface area contributed by atoms with E-state index in [1.165, 1.54) is 12.1 Å². The molecule has 0 aliphatic carbocycles. The zero-order chi connectivity index (χ0) is 16.2. The molecular weight excluding hydrogens is 479 g/mol. The summed E-state index contributed by atoms with van der Waals surface area (Å²) in [4.78, 5) is 21.9. The number of carboxylic acids is 1. The van der Waals surface area contributed by atoms with Crippen LogP contribution in [0.25, 0.3) is 11.0 Å². The van der Waals surface area contributed by atoms with Crippen LogP contribution in [0.1, 0.15) is 5.56 Å². The van der Waals surface area contributed by atoms with E-state index in [9.17, 15) is 19.8 Å². The topological polar surface area (TPSA) is 108 Å². The van der Waals surface area contributed by atoms with Crippen LogP contribution in [0, 0.1) is 0 Å². The van der Waals surface area contributed by atoms with Gasteiger partial charge in [0.2, 0.25) is 0 Å². The van der Waals surface area contributed by atoms with E-state index in [0.717, 1.165) is 6.07 Å². The van der Waals surface area contributed by atoms with Gasteiger partial charge in [0.1, 0.15) is 5.58 Å². The number of benzene rings is 1. The SMILES string of the molecule is BrB(Br)Br.O=C(O)Cc1cc2cc(O)c(O)cc2oc1=O. The minimum absolute atomic E-state index is 0.0184. The van der Waals surface area contributed by atoms with Crippen LogP contribution < -0.4 is 5.63 Å². The Bertz CT molecular complexity index is 712. The average Bonchev–Trinajstić information content (AvgIpc) is 2.31. The first-order chi connectivity index (χ1) is 9.70. The van der Waals surface area contributed by atoms with Gasteiger partial charge in [-0.25, -0.2) is 4.79 Å². The molecule has 21 heavy (non-hydrogen) atoms. The lowest BCUT2D eigenvalue weighted by Crippen LogP contribution is -2.12. The number of hydrogen-bond acceptors (Lipinski definition) is 5. The van der Waals surface area contributed by atoms with Crippen LogP contribution in [0.4, 0.5) is 0 Å². The highest BCUT2D eigenvalue weighted by molar-refractivity contribution is 9.69. The standard InChI is InChI=1S/C11H8O6.BBr3/c12-7-2-5-1-6(3-10(14)15)11(16)17-9(5)4-8(7)13;2-1(3)4/h1-2,4,12-13H,3H2,(H,14,15);. The molecule has 0 amide bonds. The van der Waals surface area contributed by atoms with Gasteiger partial charge in [-0.1, -0.05) is 0 Å². The Kier molecular flexibility index (Phi) is 6.75. The number of carbonyl (C=O) groups is 1. The molecule has 1 aromatic heterocycles. The second-order valence-corrected chi connectivity index (χ2v) is 10.2. The highest BCUT2D eigenvalue weighted by Crippen LogP contribution is 2.29. The third-order valence-corrected chi connectivity index (χ3v) is 2.24. The summed E-state index contributed by atoms with van der Waals surface area (Å²) in [5.74, 6) is -1.93. The van der Waals surface area contributed by atoms with E-state index in [1.54, 1.807) is 0 Å². The van der Waals surface area contributed by atoms with E-state index in [4.69, 9.17) is 9.52 Å². The smallest absolute Gasteiger partial charge is 0.369 e. The normalized spacial score (nSPS) is 9.86. The summed E-state index contributed by atoms with van der Waals surface area (Å²) in [5.41, 5.74) is -0.709. The number of phenolic OH excluding ortho intramolecular Hbond substituents is 2. The predicted molar refractivity (Wildman–Crippen MR) is 89.7 cm³/mol. The van der Waals surface area contributed by atoms with Gasteiger partial charge in [-0.15, -0.1) is 47.3 Å². The summed E-state index contributed by atoms with van der Waals surface area (Å²) in [7, 11) is 0. The molecule has 0 unspecified atom stereocenters. The van der Waals surface area contributed by atoms with Crippen molar-refractivity contribution in [2.24, 2.45) is 0 Å². The maximum atomic E-state index is 11.4. The fourth-order valence-corrected chi connectivity index (χ4v) is 1.47. The van der Waals surface area contributed by atoms with Crippen LogP contribution in [0.3, 0.4) is 0 Å². The average molecular weight is 487 g/mol. The van der Waals surface area contributed by atoms with Crippen LogP contribution in [0.2, 0.25) is 0 Å². The maximum Gasteiger partial charge on any atom is 0.369 e. The lowest BCUT2D eigenvalue weighted by molar-refractivity contribution is -0.136. The van der Waals surface area contributed by atoms with Crippen molar-refractivity contribution in [3.8, 4) is 11.5 Å². The summed E-state index contributed by atoms with van der Waals surface area (Å²) in [5, 5.41) is 27.4. The largest absolute Gasteiger partial charge is 0.504 e. The Morgan fingerprint density at radius 2 is 1.67 bits per heavy atom. The monoisotopic (exact) mass is 484 g/mol. The van der Waals surface area contributed by atoms with Crippen LogP contribution in [0.15, 0.2) is 27.4 Å². The molecule has 2 aromatic rings. The number of fused-ring (bicyclic) bond motifs is 1. The predicted octanol–water partition coefficient (Wildman–Crippen LogP) is 2.99. The van der Waals surface area contributed by atoms with Gasteiger partial charge in [0.15, 0.2) is 11.5 Å². The zero-order valence-corrected chi connectivity index (χ0v) is 15.0. The minimum atomic E-state index is -1.15. The van der Waals surface area contributed by atoms with Crippen LogP contribution >= 0.6 is 47.3 Å². The molecule has 0 aliphatic heterocycles. The van der Waals surface area contributed by atoms with Gasteiger partial charge in [0.05, 0.1) is 6.42 Å². The number of rotatable bonds is 2. The molecule has 0 radical (unpaired) electrons. The van der Waals surface area contributed by atoms with E-state index in [0.29, 0.717) is 5.39 Å². The minimum Gasteiger partial charge on any atom is -0.504 e. The highest BCUT2D eigenvalue weighted by atomic mass is 79.9. The number of halogens is 3. The van der Waals surface area contributed by atoms with Crippen molar-refractivity contribution in [2.45, 2.75) is 6.42 Å². The van der Waals surface area contributed by atoms with Crippen molar-refractivity contribution in [3.63, 3.8) is 0 Å². The van der Waals surface area contributed by atoms with Crippen molar-refractivity contribution in [2.75, 3.05) is 0 Å². The van der Waals surface area contributed by atoms with E-state index in [2.05, 4.69) is 47.3 Å². The second-order valence-electron chi connectivity index (χ2n) is 3.76. The van der Waals surface area contributed by atoms with Gasteiger partial charge in [0, 0.05) is 17.0 Å². The first-order valence-corrected chi connectivity index (χ1v) is 8.08. The van der Waals surface area contributed by atoms with Crippen molar-refractivity contribution < 1.29 is 24.5 Å². The van der Waals surface area contributed by atoms with E-state index in [1.807, 2.05) is 0 Å². The molecule has 0 saturated heterocycles. The molecule has 0 fully saturated rings. The maximum absolute atomic E-state index is 11.4. The van der Waals surface area contributed by atoms with Gasteiger partial charge in [-0.3, -0.25) is 4.79 Å². The molecule has 0 saturated carbocycles. The molecule has 0 aliphatic rings. The molecule has 0 spiro atoms. The highest BCUT2D eigenvalue weighted by Gasteiger charge is 2.11. The molecule has 1 heterocycles. The molecule has 1 aromatic carbocycles. The molecule has 112 valence electrons. The van der Waals surface area contributed by atoms with Gasteiger partial charge in [-0.05, 0) is 12.1 Å². The first-order valence-electron chi connectivity index (χ1n) is 5.33. The summed E-state index contributed by atoms with van der Waals surface area (Å²) in [6, 6.07) is 3.60. The number of phenols is 2. The van der Waals surface area contributed by atoms with Crippen molar-refractivity contribution in [3.05, 3.63) is 34.2 Å². The van der Waals surface area contributed by atoms with Gasteiger partial charge in [-0.2, -0.15) is 0 Å². The molecule has 0 bridgehead atoms. The molecule has 2 rings (SSSR count). The van der Waals surface area contributed by atoms with Crippen molar-refractivity contribution in [1.29, 1.82) is 0 Å². The number of hydrogen-bond donors (Lipinski definition) is 3. The lowest BCUT2D eigenvalue weighted by Gasteiger charge is -2.02. The number of aromatic hydroxyl groups is 2. The summed E-state index contributed by atoms with van der Waals surface area (Å²) in [6.07, 6.45) is -0.458. The Labute approximate surface area is 143 Å². The fourth-order valence-electron chi connectivity index (χ4n) is 1.47. The van der Waals surface area contributed by atoms with E-state index >= 15 is 0 Å². The van der Waals surface area contributed by atoms with Crippen molar-refractivity contribution in [1.82, 2.24) is 0 Å². The zero-order valence-electron chi connectivity index (χ0n) is 10.2. The Morgan fingerprint density at radius 3 is 2.19 bits per heavy atom. The second kappa shape index (κ2) is 7.86. The summed E-state index contributed by atoms with van der Waals surface area (Å²) < 4.78 is 5.11. The summed E-state index contributed by atoms with van der Waals surface area (Å²) in [6.45, 7) is 0. The fraction of sp³-hybridized carbons (Fsp3) is 0.0909. The Hall–Kier alpha value is -0.995. The third-order valence-electron chi connectivity index (χ3n) is 2.24. The quantitative estimate of drug-likeness (QED) is 0.342. The summed E-state index contributed by atoms with van der Waals surface area (Å²) >= 11 is 9.31. The molecule has 0 atom stereocenters. The number of carboxylic acid groups (broad SMARTS) is 1. The third kappa shape index (κ3) is 5.72. The Morgan fingerprint density at radius 1 is 1.14 bits per heavy atom. The van der Waals surface area contributed by atoms with Gasteiger partial charge < -0.3 is 19.7 Å². The van der Waals surface area contributed by atoms with E-state index in [-0.39, 0.29) is 20.1 Å². The molecule has 10 heteroatoms. The van der Waals surface area contributed by atoms with E-state index < -0.39 is 23.8 Å². The first kappa shape index (κ1) is 18.1. The van der Waals surface area contributed by atoms with Crippen LogP contribution in [0.5, 0.6) is 11.5 Å². The molecule has 3 N–H and O–H groups in total.